The Labute approximate surface area is 99.8 Å². The molecular weight excluding hydrogens is 203 g/mol. The molecule has 0 aliphatic carbocycles. The summed E-state index contributed by atoms with van der Waals surface area (Å²) in [6, 6.07) is 0.984. The van der Waals surface area contributed by atoms with Gasteiger partial charge in [0.15, 0.2) is 0 Å². The van der Waals surface area contributed by atoms with Crippen LogP contribution in [0.3, 0.4) is 0 Å². The summed E-state index contributed by atoms with van der Waals surface area (Å²) in [7, 11) is 2.09. The predicted octanol–water partition coefficient (Wildman–Crippen LogP) is 2.40. The van der Waals surface area contributed by atoms with E-state index in [1.807, 2.05) is 0 Å². The van der Waals surface area contributed by atoms with E-state index in [0.717, 1.165) is 19.5 Å². The van der Waals surface area contributed by atoms with E-state index < -0.39 is 6.17 Å². The van der Waals surface area contributed by atoms with Crippen molar-refractivity contribution in [3.63, 3.8) is 0 Å². The van der Waals surface area contributed by atoms with Crippen LogP contribution in [0.15, 0.2) is 0 Å². The van der Waals surface area contributed by atoms with Gasteiger partial charge in [0, 0.05) is 31.1 Å². The highest BCUT2D eigenvalue weighted by atomic mass is 19.1. The van der Waals surface area contributed by atoms with Crippen LogP contribution >= 0.6 is 0 Å². The van der Waals surface area contributed by atoms with Crippen molar-refractivity contribution >= 4 is 0 Å². The second-order valence-electron chi connectivity index (χ2n) is 5.69. The summed E-state index contributed by atoms with van der Waals surface area (Å²) in [6.07, 6.45) is 0.341. The van der Waals surface area contributed by atoms with E-state index >= 15 is 0 Å². The van der Waals surface area contributed by atoms with Crippen LogP contribution in [0.2, 0.25) is 0 Å². The first-order valence-electron chi connectivity index (χ1n) is 6.50. The monoisotopic (exact) mass is 230 g/mol. The molecule has 1 aliphatic rings. The van der Waals surface area contributed by atoms with Crippen molar-refractivity contribution in [2.75, 3.05) is 26.7 Å². The van der Waals surface area contributed by atoms with Gasteiger partial charge in [0.1, 0.15) is 6.17 Å². The Balaban J connectivity index is 2.41. The fourth-order valence-corrected chi connectivity index (χ4v) is 2.23. The van der Waals surface area contributed by atoms with Gasteiger partial charge in [-0.15, -0.1) is 0 Å². The molecule has 0 N–H and O–H groups in total. The van der Waals surface area contributed by atoms with Crippen molar-refractivity contribution in [2.24, 2.45) is 5.92 Å². The highest BCUT2D eigenvalue weighted by Crippen LogP contribution is 2.23. The number of halogens is 1. The molecule has 0 bridgehead atoms. The molecular formula is C13H27FN2. The van der Waals surface area contributed by atoms with Crippen LogP contribution in [0, 0.1) is 5.92 Å². The second kappa shape index (κ2) is 5.97. The zero-order chi connectivity index (χ0) is 12.3. The standard InChI is InChI=1S/C13H27FN2/c1-10(2)15(5)8-12-6-7-16(11(3)4)9-13(12)14/h10-13H,6-9H2,1-5H3/t12-,13-/m1/s1. The van der Waals surface area contributed by atoms with Crippen LogP contribution in [-0.4, -0.2) is 54.7 Å². The van der Waals surface area contributed by atoms with E-state index in [4.69, 9.17) is 0 Å². The van der Waals surface area contributed by atoms with Gasteiger partial charge in [-0.2, -0.15) is 0 Å². The Morgan fingerprint density at radius 2 is 1.94 bits per heavy atom. The number of rotatable bonds is 4. The van der Waals surface area contributed by atoms with E-state index in [1.54, 1.807) is 0 Å². The van der Waals surface area contributed by atoms with Gasteiger partial charge in [0.2, 0.25) is 0 Å². The van der Waals surface area contributed by atoms with Gasteiger partial charge in [-0.05, 0) is 47.7 Å². The van der Waals surface area contributed by atoms with Crippen LogP contribution in [-0.2, 0) is 0 Å². The molecule has 0 aromatic rings. The number of alkyl halides is 1. The third-order valence-corrected chi connectivity index (χ3v) is 3.84. The van der Waals surface area contributed by atoms with Crippen molar-refractivity contribution in [3.05, 3.63) is 0 Å². The number of likely N-dealkylation sites (tertiary alicyclic amines) is 1. The van der Waals surface area contributed by atoms with Gasteiger partial charge in [-0.25, -0.2) is 4.39 Å². The number of hydrogen-bond acceptors (Lipinski definition) is 2. The van der Waals surface area contributed by atoms with E-state index in [1.165, 1.54) is 0 Å². The molecule has 16 heavy (non-hydrogen) atoms. The molecule has 0 radical (unpaired) electrons. The molecule has 96 valence electrons. The average Bonchev–Trinajstić information content (AvgIpc) is 2.20. The zero-order valence-electron chi connectivity index (χ0n) is 11.4. The minimum atomic E-state index is -0.655. The SMILES string of the molecule is CC(C)N(C)C[C@H]1CCN(C(C)C)C[C@H]1F. The molecule has 1 saturated heterocycles. The summed E-state index contributed by atoms with van der Waals surface area (Å²) in [5.74, 6) is 0.224. The first-order valence-corrected chi connectivity index (χ1v) is 6.50. The Bertz CT molecular complexity index is 206. The first-order chi connectivity index (χ1) is 7.41. The molecule has 0 unspecified atom stereocenters. The molecule has 3 heteroatoms. The first kappa shape index (κ1) is 13.9. The van der Waals surface area contributed by atoms with Crippen molar-refractivity contribution in [1.29, 1.82) is 0 Å². The molecule has 1 rings (SSSR count). The third kappa shape index (κ3) is 3.70. The fourth-order valence-electron chi connectivity index (χ4n) is 2.23. The Morgan fingerprint density at radius 3 is 2.38 bits per heavy atom. The highest BCUT2D eigenvalue weighted by molar-refractivity contribution is 4.83. The summed E-state index contributed by atoms with van der Waals surface area (Å²) < 4.78 is 14.0. The van der Waals surface area contributed by atoms with Crippen LogP contribution in [0.4, 0.5) is 4.39 Å². The summed E-state index contributed by atoms with van der Waals surface area (Å²) >= 11 is 0. The van der Waals surface area contributed by atoms with Gasteiger partial charge in [-0.1, -0.05) is 0 Å². The lowest BCUT2D eigenvalue weighted by Gasteiger charge is -2.39. The maximum Gasteiger partial charge on any atom is 0.117 e. The molecule has 2 atom stereocenters. The maximum atomic E-state index is 14.0. The van der Waals surface area contributed by atoms with E-state index in [0.29, 0.717) is 18.6 Å². The Hall–Kier alpha value is -0.150. The van der Waals surface area contributed by atoms with Crippen LogP contribution in [0.1, 0.15) is 34.1 Å². The van der Waals surface area contributed by atoms with Crippen molar-refractivity contribution < 1.29 is 4.39 Å². The van der Waals surface area contributed by atoms with E-state index in [-0.39, 0.29) is 5.92 Å². The second-order valence-corrected chi connectivity index (χ2v) is 5.69. The minimum absolute atomic E-state index is 0.224. The molecule has 0 aromatic carbocycles. The van der Waals surface area contributed by atoms with Gasteiger partial charge in [0.25, 0.3) is 0 Å². The molecule has 2 nitrogen and oxygen atoms in total. The van der Waals surface area contributed by atoms with Gasteiger partial charge >= 0.3 is 0 Å². The summed E-state index contributed by atoms with van der Waals surface area (Å²) in [6.45, 7) is 11.2. The van der Waals surface area contributed by atoms with Gasteiger partial charge < -0.3 is 4.90 Å². The number of nitrogens with zero attached hydrogens (tertiary/aromatic N) is 2. The minimum Gasteiger partial charge on any atom is -0.304 e. The smallest absolute Gasteiger partial charge is 0.117 e. The normalized spacial score (nSPS) is 28.3. The summed E-state index contributed by atoms with van der Waals surface area (Å²) in [5, 5.41) is 0. The van der Waals surface area contributed by atoms with Crippen LogP contribution in [0.25, 0.3) is 0 Å². The van der Waals surface area contributed by atoms with Crippen molar-refractivity contribution in [2.45, 2.75) is 52.4 Å². The maximum absolute atomic E-state index is 14.0. The topological polar surface area (TPSA) is 6.48 Å². The lowest BCUT2D eigenvalue weighted by molar-refractivity contribution is 0.0458. The van der Waals surface area contributed by atoms with Crippen molar-refractivity contribution in [1.82, 2.24) is 9.80 Å². The molecule has 0 saturated carbocycles. The largest absolute Gasteiger partial charge is 0.304 e. The lowest BCUT2D eigenvalue weighted by atomic mass is 9.93. The third-order valence-electron chi connectivity index (χ3n) is 3.84. The zero-order valence-corrected chi connectivity index (χ0v) is 11.4. The Morgan fingerprint density at radius 1 is 1.31 bits per heavy atom. The van der Waals surface area contributed by atoms with Crippen molar-refractivity contribution in [3.8, 4) is 0 Å². The fraction of sp³-hybridized carbons (Fsp3) is 1.00. The quantitative estimate of drug-likeness (QED) is 0.732. The average molecular weight is 230 g/mol. The van der Waals surface area contributed by atoms with Crippen LogP contribution < -0.4 is 0 Å². The molecule has 1 heterocycles. The van der Waals surface area contributed by atoms with E-state index in [9.17, 15) is 4.39 Å². The van der Waals surface area contributed by atoms with E-state index in [2.05, 4.69) is 44.5 Å². The molecule has 1 aliphatic heterocycles. The van der Waals surface area contributed by atoms with Crippen LogP contribution in [0.5, 0.6) is 0 Å². The Kier molecular flexibility index (Phi) is 5.19. The molecule has 1 fully saturated rings. The predicted molar refractivity (Wildman–Crippen MR) is 67.5 cm³/mol. The molecule has 0 amide bonds. The summed E-state index contributed by atoms with van der Waals surface area (Å²) in [4.78, 5) is 4.50. The molecule has 0 spiro atoms. The number of piperidine rings is 1. The number of hydrogen-bond donors (Lipinski definition) is 0. The van der Waals surface area contributed by atoms with Gasteiger partial charge in [-0.3, -0.25) is 4.90 Å². The molecule has 0 aromatic heterocycles. The lowest BCUT2D eigenvalue weighted by Crippen LogP contribution is -2.48. The van der Waals surface area contributed by atoms with Gasteiger partial charge in [0.05, 0.1) is 0 Å². The summed E-state index contributed by atoms with van der Waals surface area (Å²) in [5.41, 5.74) is 0. The highest BCUT2D eigenvalue weighted by Gasteiger charge is 2.31.